The largest absolute Gasteiger partial charge is 0.366 e. The van der Waals surface area contributed by atoms with Crippen LogP contribution in [0.15, 0.2) is 71.7 Å². The van der Waals surface area contributed by atoms with Crippen molar-refractivity contribution in [1.82, 2.24) is 4.57 Å². The molecule has 0 unspecified atom stereocenters. The van der Waals surface area contributed by atoms with E-state index in [1.807, 2.05) is 31.2 Å². The van der Waals surface area contributed by atoms with Crippen LogP contribution in [0.25, 0.3) is 0 Å². The van der Waals surface area contributed by atoms with Crippen molar-refractivity contribution in [2.24, 2.45) is 5.73 Å². The highest BCUT2D eigenvalue weighted by atomic mass is 16.2. The van der Waals surface area contributed by atoms with Gasteiger partial charge in [0.1, 0.15) is 0 Å². The highest BCUT2D eigenvalue weighted by Gasteiger charge is 2.13. The highest BCUT2D eigenvalue weighted by molar-refractivity contribution is 6.08. The Hall–Kier alpha value is -3.67. The van der Waals surface area contributed by atoms with Crippen LogP contribution in [0, 0.1) is 6.92 Å². The number of nitrogens with one attached hydrogen (secondary N) is 1. The molecular formula is C21H19N3O3. The van der Waals surface area contributed by atoms with E-state index >= 15 is 0 Å². The van der Waals surface area contributed by atoms with Crippen LogP contribution in [0.1, 0.15) is 31.8 Å². The number of hydrogen-bond donors (Lipinski definition) is 2. The van der Waals surface area contributed by atoms with Gasteiger partial charge in [-0.1, -0.05) is 42.0 Å². The van der Waals surface area contributed by atoms with Gasteiger partial charge in [-0.2, -0.15) is 0 Å². The molecule has 0 aliphatic carbocycles. The Bertz CT molecular complexity index is 1070. The zero-order valence-corrected chi connectivity index (χ0v) is 14.8. The lowest BCUT2D eigenvalue weighted by atomic mass is 10.1. The second kappa shape index (κ2) is 7.70. The second-order valence-corrected chi connectivity index (χ2v) is 6.24. The van der Waals surface area contributed by atoms with Crippen LogP contribution in [0.5, 0.6) is 0 Å². The number of carbonyl (C=O) groups excluding carboxylic acids is 2. The summed E-state index contributed by atoms with van der Waals surface area (Å²) < 4.78 is 1.48. The first-order valence-corrected chi connectivity index (χ1v) is 8.40. The number of anilines is 1. The molecule has 0 saturated carbocycles. The predicted molar refractivity (Wildman–Crippen MR) is 104 cm³/mol. The molecular weight excluding hydrogens is 342 g/mol. The van der Waals surface area contributed by atoms with E-state index in [2.05, 4.69) is 5.32 Å². The summed E-state index contributed by atoms with van der Waals surface area (Å²) in [6.07, 6.45) is 1.51. The summed E-state index contributed by atoms with van der Waals surface area (Å²) >= 11 is 0. The smallest absolute Gasteiger partial charge is 0.257 e. The third kappa shape index (κ3) is 4.30. The number of primary amides is 1. The number of hydrogen-bond acceptors (Lipinski definition) is 3. The first-order chi connectivity index (χ1) is 12.9. The van der Waals surface area contributed by atoms with Crippen LogP contribution in [-0.2, 0) is 6.54 Å². The first-order valence-electron chi connectivity index (χ1n) is 8.40. The second-order valence-electron chi connectivity index (χ2n) is 6.24. The van der Waals surface area contributed by atoms with Crippen molar-refractivity contribution in [3.8, 4) is 0 Å². The van der Waals surface area contributed by atoms with Crippen molar-refractivity contribution >= 4 is 17.5 Å². The normalized spacial score (nSPS) is 10.4. The predicted octanol–water partition coefficient (Wildman–Crippen LogP) is 2.56. The number of rotatable bonds is 5. The van der Waals surface area contributed by atoms with Crippen molar-refractivity contribution in [3.05, 3.63) is 99.5 Å². The van der Waals surface area contributed by atoms with Gasteiger partial charge in [-0.05, 0) is 30.7 Å². The Morgan fingerprint density at radius 3 is 2.56 bits per heavy atom. The van der Waals surface area contributed by atoms with Gasteiger partial charge < -0.3 is 15.6 Å². The number of carbonyl (C=O) groups is 2. The maximum Gasteiger partial charge on any atom is 0.257 e. The maximum absolute atomic E-state index is 12.6. The molecule has 2 amide bonds. The number of benzene rings is 2. The van der Waals surface area contributed by atoms with E-state index in [0.29, 0.717) is 17.8 Å². The van der Waals surface area contributed by atoms with E-state index < -0.39 is 11.8 Å². The van der Waals surface area contributed by atoms with Crippen LogP contribution >= 0.6 is 0 Å². The number of nitrogens with two attached hydrogens (primary N) is 1. The Morgan fingerprint density at radius 2 is 1.81 bits per heavy atom. The molecule has 6 nitrogen and oxygen atoms in total. The van der Waals surface area contributed by atoms with Crippen molar-refractivity contribution < 1.29 is 9.59 Å². The molecule has 0 spiro atoms. The number of aromatic nitrogens is 1. The zero-order valence-electron chi connectivity index (χ0n) is 14.8. The van der Waals surface area contributed by atoms with Crippen LogP contribution in [-0.4, -0.2) is 16.4 Å². The lowest BCUT2D eigenvalue weighted by Crippen LogP contribution is -2.23. The first kappa shape index (κ1) is 18.1. The average Bonchev–Trinajstić information content (AvgIpc) is 2.64. The van der Waals surface area contributed by atoms with E-state index in [1.165, 1.54) is 29.0 Å². The molecule has 2 aromatic carbocycles. The monoisotopic (exact) mass is 361 g/mol. The Balaban J connectivity index is 1.86. The minimum atomic E-state index is -0.629. The Kier molecular flexibility index (Phi) is 5.17. The summed E-state index contributed by atoms with van der Waals surface area (Å²) in [5.41, 5.74) is 8.05. The molecule has 1 aromatic heterocycles. The lowest BCUT2D eigenvalue weighted by molar-refractivity contribution is 0.100. The van der Waals surface area contributed by atoms with E-state index in [9.17, 15) is 14.4 Å². The molecule has 0 radical (unpaired) electrons. The molecule has 0 aliphatic heterocycles. The van der Waals surface area contributed by atoms with E-state index in [-0.39, 0.29) is 11.1 Å². The minimum absolute atomic E-state index is 0.203. The van der Waals surface area contributed by atoms with E-state index in [1.54, 1.807) is 18.2 Å². The molecule has 0 saturated heterocycles. The SMILES string of the molecule is Cc1cccc(Cn2cc(C(=O)Nc3ccccc3C(N)=O)ccc2=O)c1. The summed E-state index contributed by atoms with van der Waals surface area (Å²) in [6, 6.07) is 17.1. The fourth-order valence-electron chi connectivity index (χ4n) is 2.80. The van der Waals surface area contributed by atoms with Crippen LogP contribution in [0.3, 0.4) is 0 Å². The average molecular weight is 361 g/mol. The van der Waals surface area contributed by atoms with Crippen molar-refractivity contribution in [1.29, 1.82) is 0 Å². The summed E-state index contributed by atoms with van der Waals surface area (Å²) in [4.78, 5) is 36.2. The molecule has 3 rings (SSSR count). The van der Waals surface area contributed by atoms with Gasteiger partial charge in [-0.15, -0.1) is 0 Å². The van der Waals surface area contributed by atoms with E-state index in [4.69, 9.17) is 5.73 Å². The number of para-hydroxylation sites is 1. The molecule has 27 heavy (non-hydrogen) atoms. The number of nitrogens with zero attached hydrogens (tertiary/aromatic N) is 1. The lowest BCUT2D eigenvalue weighted by Gasteiger charge is -2.11. The van der Waals surface area contributed by atoms with Crippen LogP contribution in [0.2, 0.25) is 0 Å². The van der Waals surface area contributed by atoms with Gasteiger partial charge >= 0.3 is 0 Å². The summed E-state index contributed by atoms with van der Waals surface area (Å²) in [5, 5.41) is 2.67. The van der Waals surface area contributed by atoms with E-state index in [0.717, 1.165) is 11.1 Å². The molecule has 3 aromatic rings. The third-order valence-electron chi connectivity index (χ3n) is 4.12. The fraction of sp³-hybridized carbons (Fsp3) is 0.0952. The molecule has 6 heteroatoms. The van der Waals surface area contributed by atoms with Gasteiger partial charge in [0.05, 0.1) is 23.4 Å². The van der Waals surface area contributed by atoms with Gasteiger partial charge in [-0.3, -0.25) is 14.4 Å². The molecule has 0 aliphatic rings. The molecule has 136 valence electrons. The summed E-state index contributed by atoms with van der Waals surface area (Å²) in [6.45, 7) is 2.34. The zero-order chi connectivity index (χ0) is 19.4. The van der Waals surface area contributed by atoms with Crippen molar-refractivity contribution in [2.75, 3.05) is 5.32 Å². The number of pyridine rings is 1. The highest BCUT2D eigenvalue weighted by Crippen LogP contribution is 2.15. The van der Waals surface area contributed by atoms with Gasteiger partial charge in [-0.25, -0.2) is 0 Å². The van der Waals surface area contributed by atoms with Gasteiger partial charge in [0.15, 0.2) is 0 Å². The summed E-state index contributed by atoms with van der Waals surface area (Å²) in [7, 11) is 0. The quantitative estimate of drug-likeness (QED) is 0.731. The topological polar surface area (TPSA) is 94.2 Å². The van der Waals surface area contributed by atoms with Crippen molar-refractivity contribution in [3.63, 3.8) is 0 Å². The van der Waals surface area contributed by atoms with Crippen LogP contribution in [0.4, 0.5) is 5.69 Å². The third-order valence-corrected chi connectivity index (χ3v) is 4.12. The molecule has 1 heterocycles. The van der Waals surface area contributed by atoms with Gasteiger partial charge in [0, 0.05) is 12.3 Å². The maximum atomic E-state index is 12.6. The minimum Gasteiger partial charge on any atom is -0.366 e. The molecule has 0 fully saturated rings. The van der Waals surface area contributed by atoms with Crippen molar-refractivity contribution in [2.45, 2.75) is 13.5 Å². The Morgan fingerprint density at radius 1 is 1.04 bits per heavy atom. The molecule has 3 N–H and O–H groups in total. The van der Waals surface area contributed by atoms with Gasteiger partial charge in [0.25, 0.3) is 17.4 Å². The van der Waals surface area contributed by atoms with Gasteiger partial charge in [0.2, 0.25) is 0 Å². The molecule has 0 atom stereocenters. The molecule has 0 bridgehead atoms. The number of aryl methyl sites for hydroxylation is 1. The summed E-state index contributed by atoms with van der Waals surface area (Å²) in [5.74, 6) is -1.06. The fourth-order valence-corrected chi connectivity index (χ4v) is 2.80. The van der Waals surface area contributed by atoms with Crippen LogP contribution < -0.4 is 16.6 Å². The number of amides is 2. The Labute approximate surface area is 156 Å². The standard InChI is InChI=1S/C21H19N3O3/c1-14-5-4-6-15(11-14)12-24-13-16(9-10-19(24)25)21(27)23-18-8-3-2-7-17(18)20(22)26/h2-11,13H,12H2,1H3,(H2,22,26)(H,23,27).